The molecule has 21 heavy (non-hydrogen) atoms. The first kappa shape index (κ1) is 14.3. The molecule has 3 aromatic rings. The number of alkyl halides is 3. The maximum absolute atomic E-state index is 12.6. The highest BCUT2D eigenvalue weighted by molar-refractivity contribution is 8.00. The van der Waals surface area contributed by atoms with E-state index in [0.29, 0.717) is 10.3 Å². The largest absolute Gasteiger partial charge is 0.417 e. The molecule has 0 atom stereocenters. The Hall–Kier alpha value is -1.60. The quantitative estimate of drug-likeness (QED) is 0.633. The molecule has 0 spiro atoms. The van der Waals surface area contributed by atoms with Crippen molar-refractivity contribution in [2.24, 2.45) is 0 Å². The van der Waals surface area contributed by atoms with Gasteiger partial charge in [0.15, 0.2) is 9.99 Å². The van der Waals surface area contributed by atoms with Crippen LogP contribution in [0.4, 0.5) is 13.2 Å². The van der Waals surface area contributed by atoms with Crippen molar-refractivity contribution in [3.63, 3.8) is 0 Å². The van der Waals surface area contributed by atoms with E-state index in [2.05, 4.69) is 9.97 Å². The highest BCUT2D eigenvalue weighted by Crippen LogP contribution is 2.35. The molecule has 2 aromatic heterocycles. The second-order valence-corrected chi connectivity index (χ2v) is 6.55. The van der Waals surface area contributed by atoms with Gasteiger partial charge in [-0.1, -0.05) is 42.1 Å². The van der Waals surface area contributed by atoms with Gasteiger partial charge in [0.2, 0.25) is 0 Å². The number of hydrogen-bond acceptors (Lipinski definition) is 4. The lowest BCUT2D eigenvalue weighted by atomic mass is 10.2. The average Bonchev–Trinajstić information content (AvgIpc) is 2.87. The molecule has 0 aliphatic rings. The third-order valence-corrected chi connectivity index (χ3v) is 4.97. The van der Waals surface area contributed by atoms with Crippen molar-refractivity contribution in [2.45, 2.75) is 16.3 Å². The summed E-state index contributed by atoms with van der Waals surface area (Å²) >= 11 is 2.73. The number of rotatable bonds is 3. The van der Waals surface area contributed by atoms with Crippen molar-refractivity contribution in [3.05, 3.63) is 53.7 Å². The second kappa shape index (κ2) is 5.65. The van der Waals surface area contributed by atoms with Crippen LogP contribution in [0.3, 0.4) is 0 Å². The highest BCUT2D eigenvalue weighted by atomic mass is 32.2. The molecule has 0 saturated heterocycles. The number of nitrogens with zero attached hydrogens (tertiary/aromatic N) is 2. The van der Waals surface area contributed by atoms with E-state index in [0.717, 1.165) is 27.9 Å². The fraction of sp³-hybridized carbons (Fsp3) is 0.143. The van der Waals surface area contributed by atoms with Crippen LogP contribution in [0.2, 0.25) is 0 Å². The van der Waals surface area contributed by atoms with Crippen LogP contribution < -0.4 is 0 Å². The Morgan fingerprint density at radius 3 is 2.62 bits per heavy atom. The zero-order chi connectivity index (χ0) is 14.9. The third kappa shape index (κ3) is 3.36. The monoisotopic (exact) mass is 326 g/mol. The second-order valence-electron chi connectivity index (χ2n) is 4.30. The van der Waals surface area contributed by atoms with Crippen LogP contribution >= 0.6 is 23.1 Å². The van der Waals surface area contributed by atoms with E-state index in [1.165, 1.54) is 23.1 Å². The summed E-state index contributed by atoms with van der Waals surface area (Å²) in [6.45, 7) is 0. The number of thioether (sulfide) groups is 1. The Kier molecular flexibility index (Phi) is 3.86. The molecule has 0 aliphatic heterocycles. The summed E-state index contributed by atoms with van der Waals surface area (Å²) in [6, 6.07) is 10.9. The van der Waals surface area contributed by atoms with E-state index in [9.17, 15) is 13.2 Å². The third-order valence-electron chi connectivity index (χ3n) is 2.76. The van der Waals surface area contributed by atoms with Gasteiger partial charge in [-0.3, -0.25) is 0 Å². The van der Waals surface area contributed by atoms with Crippen LogP contribution in [-0.2, 0) is 11.9 Å². The highest BCUT2D eigenvalue weighted by Gasteiger charge is 2.31. The molecule has 2 nitrogen and oxygen atoms in total. The lowest BCUT2D eigenvalue weighted by Gasteiger charge is -2.04. The summed E-state index contributed by atoms with van der Waals surface area (Å²) in [5.74, 6) is 0.729. The summed E-state index contributed by atoms with van der Waals surface area (Å²) in [6.07, 6.45) is -3.55. The van der Waals surface area contributed by atoms with E-state index < -0.39 is 11.7 Å². The molecular formula is C14H9F3N2S2. The topological polar surface area (TPSA) is 25.8 Å². The Balaban J connectivity index is 1.81. The fourth-order valence-corrected chi connectivity index (χ4v) is 3.75. The first-order chi connectivity index (χ1) is 10.0. The zero-order valence-corrected chi connectivity index (χ0v) is 12.2. The molecule has 0 saturated carbocycles. The van der Waals surface area contributed by atoms with Gasteiger partial charge in [-0.15, -0.1) is 11.3 Å². The van der Waals surface area contributed by atoms with Gasteiger partial charge in [0.1, 0.15) is 0 Å². The van der Waals surface area contributed by atoms with Crippen LogP contribution in [-0.4, -0.2) is 9.97 Å². The van der Waals surface area contributed by atoms with Gasteiger partial charge < -0.3 is 0 Å². The first-order valence-electron chi connectivity index (χ1n) is 6.03. The number of thiazole rings is 1. The summed E-state index contributed by atoms with van der Waals surface area (Å²) in [7, 11) is 0. The van der Waals surface area contributed by atoms with E-state index in [-0.39, 0.29) is 0 Å². The number of benzene rings is 1. The summed E-state index contributed by atoms with van der Waals surface area (Å²) in [4.78, 5) is 8.04. The van der Waals surface area contributed by atoms with Crippen LogP contribution in [0, 0.1) is 0 Å². The predicted molar refractivity (Wildman–Crippen MR) is 78.4 cm³/mol. The van der Waals surface area contributed by atoms with Gasteiger partial charge in [0, 0.05) is 11.9 Å². The van der Waals surface area contributed by atoms with Crippen molar-refractivity contribution in [1.29, 1.82) is 0 Å². The van der Waals surface area contributed by atoms with Gasteiger partial charge in [0.05, 0.1) is 10.3 Å². The van der Waals surface area contributed by atoms with Crippen molar-refractivity contribution < 1.29 is 13.2 Å². The van der Waals surface area contributed by atoms with Gasteiger partial charge >= 0.3 is 6.18 Å². The van der Waals surface area contributed by atoms with Crippen LogP contribution in [0.25, 0.3) is 10.3 Å². The zero-order valence-electron chi connectivity index (χ0n) is 10.6. The standard InChI is InChI=1S/C14H9F3N2S2/c15-14(16,17)10-6-11-12(18-7-10)19-13(21-11)20-8-9-4-2-1-3-5-9/h1-7H,8H2. The van der Waals surface area contributed by atoms with Crippen LogP contribution in [0.15, 0.2) is 46.9 Å². The van der Waals surface area contributed by atoms with Crippen LogP contribution in [0.5, 0.6) is 0 Å². The maximum Gasteiger partial charge on any atom is 0.417 e. The molecule has 0 radical (unpaired) electrons. The Labute approximate surface area is 127 Å². The Bertz CT molecular complexity index is 754. The average molecular weight is 326 g/mol. The van der Waals surface area contributed by atoms with Crippen molar-refractivity contribution >= 4 is 33.4 Å². The molecular weight excluding hydrogens is 317 g/mol. The summed E-state index contributed by atoms with van der Waals surface area (Å²) in [5, 5.41) is 0. The molecule has 7 heteroatoms. The maximum atomic E-state index is 12.6. The molecule has 3 rings (SSSR count). The minimum Gasteiger partial charge on any atom is -0.235 e. The first-order valence-corrected chi connectivity index (χ1v) is 7.83. The Morgan fingerprint density at radius 2 is 1.90 bits per heavy atom. The minimum absolute atomic E-state index is 0.364. The summed E-state index contributed by atoms with van der Waals surface area (Å²) < 4.78 is 39.1. The van der Waals surface area contributed by atoms with E-state index >= 15 is 0 Å². The predicted octanol–water partition coefficient (Wildman–Crippen LogP) is 5.00. The lowest BCUT2D eigenvalue weighted by Crippen LogP contribution is -2.04. The van der Waals surface area contributed by atoms with Crippen LogP contribution in [0.1, 0.15) is 11.1 Å². The van der Waals surface area contributed by atoms with Gasteiger partial charge in [-0.2, -0.15) is 13.2 Å². The molecule has 1 aromatic carbocycles. The molecule has 0 bridgehead atoms. The molecule has 2 heterocycles. The number of fused-ring (bicyclic) bond motifs is 1. The summed E-state index contributed by atoms with van der Waals surface area (Å²) in [5.41, 5.74) is 0.771. The fourth-order valence-electron chi connectivity index (χ4n) is 1.74. The van der Waals surface area contributed by atoms with Crippen molar-refractivity contribution in [1.82, 2.24) is 9.97 Å². The smallest absolute Gasteiger partial charge is 0.235 e. The molecule has 0 aliphatic carbocycles. The number of halogens is 3. The minimum atomic E-state index is -4.37. The van der Waals surface area contributed by atoms with Gasteiger partial charge in [-0.05, 0) is 11.6 Å². The molecule has 0 fully saturated rings. The molecule has 108 valence electrons. The molecule has 0 N–H and O–H groups in total. The van der Waals surface area contributed by atoms with Gasteiger partial charge in [0.25, 0.3) is 0 Å². The molecule has 0 unspecified atom stereocenters. The Morgan fingerprint density at radius 1 is 1.14 bits per heavy atom. The van der Waals surface area contributed by atoms with Crippen molar-refractivity contribution in [3.8, 4) is 0 Å². The van der Waals surface area contributed by atoms with Crippen molar-refractivity contribution in [2.75, 3.05) is 0 Å². The molecule has 0 amide bonds. The normalized spacial score (nSPS) is 12.0. The number of pyridine rings is 1. The number of aromatic nitrogens is 2. The van der Waals surface area contributed by atoms with E-state index in [1.807, 2.05) is 30.3 Å². The van der Waals surface area contributed by atoms with E-state index in [4.69, 9.17) is 0 Å². The number of hydrogen-bond donors (Lipinski definition) is 0. The van der Waals surface area contributed by atoms with E-state index in [1.54, 1.807) is 0 Å². The van der Waals surface area contributed by atoms with Gasteiger partial charge in [-0.25, -0.2) is 9.97 Å². The lowest BCUT2D eigenvalue weighted by molar-refractivity contribution is -0.137. The SMILES string of the molecule is FC(F)(F)c1cnc2nc(SCc3ccccc3)sc2c1.